The standard InChI is InChI=1S/C19H24ClNO4/c1-12(2)8-16(19(23)24-4)21(3)10-13-9-14-15(20)6-5-7-17(14)25-18(13)11-22/h5-7,9,11-12,16,18H,8,10H2,1-4H3. The van der Waals surface area contributed by atoms with Gasteiger partial charge in [0, 0.05) is 12.1 Å². The van der Waals surface area contributed by atoms with Gasteiger partial charge < -0.3 is 9.47 Å². The van der Waals surface area contributed by atoms with Crippen LogP contribution in [-0.4, -0.2) is 50.0 Å². The Kier molecular flexibility index (Phi) is 6.62. The van der Waals surface area contributed by atoms with Crippen LogP contribution < -0.4 is 4.74 Å². The Labute approximate surface area is 153 Å². The summed E-state index contributed by atoms with van der Waals surface area (Å²) in [5, 5.41) is 0.564. The van der Waals surface area contributed by atoms with Gasteiger partial charge in [0.1, 0.15) is 11.8 Å². The molecule has 1 aromatic carbocycles. The first-order valence-corrected chi connectivity index (χ1v) is 8.64. The molecule has 0 bridgehead atoms. The van der Waals surface area contributed by atoms with Crippen molar-refractivity contribution in [2.45, 2.75) is 32.4 Å². The quantitative estimate of drug-likeness (QED) is 0.548. The Morgan fingerprint density at radius 1 is 1.44 bits per heavy atom. The molecule has 0 saturated carbocycles. The second-order valence-corrected chi connectivity index (χ2v) is 7.04. The van der Waals surface area contributed by atoms with Gasteiger partial charge in [-0.1, -0.05) is 31.5 Å². The molecule has 1 aromatic rings. The molecule has 0 aromatic heterocycles. The summed E-state index contributed by atoms with van der Waals surface area (Å²) in [6, 6.07) is 4.96. The zero-order chi connectivity index (χ0) is 18.6. The van der Waals surface area contributed by atoms with Gasteiger partial charge in [-0.25, -0.2) is 0 Å². The normalized spacial score (nSPS) is 17.6. The molecule has 0 spiro atoms. The number of hydrogen-bond donors (Lipinski definition) is 0. The summed E-state index contributed by atoms with van der Waals surface area (Å²) in [6.07, 6.45) is 2.62. The third kappa shape index (κ3) is 4.61. The molecular formula is C19H24ClNO4. The first-order valence-electron chi connectivity index (χ1n) is 8.26. The van der Waals surface area contributed by atoms with Crippen LogP contribution in [0, 0.1) is 5.92 Å². The maximum atomic E-state index is 12.1. The van der Waals surface area contributed by atoms with Gasteiger partial charge in [-0.3, -0.25) is 14.5 Å². The number of halogens is 1. The predicted octanol–water partition coefficient (Wildman–Crippen LogP) is 3.20. The molecule has 1 heterocycles. The fraction of sp³-hybridized carbons (Fsp3) is 0.474. The highest BCUT2D eigenvalue weighted by molar-refractivity contribution is 6.32. The lowest BCUT2D eigenvalue weighted by atomic mass is 9.99. The number of methoxy groups -OCH3 is 1. The number of likely N-dealkylation sites (N-methyl/N-ethyl adjacent to an activating group) is 1. The minimum Gasteiger partial charge on any atom is -0.478 e. The van der Waals surface area contributed by atoms with Crippen molar-refractivity contribution in [3.8, 4) is 5.75 Å². The molecule has 0 saturated heterocycles. The van der Waals surface area contributed by atoms with Gasteiger partial charge in [0.25, 0.3) is 0 Å². The van der Waals surface area contributed by atoms with Crippen molar-refractivity contribution >= 4 is 29.9 Å². The van der Waals surface area contributed by atoms with Crippen LogP contribution in [0.15, 0.2) is 23.8 Å². The summed E-state index contributed by atoms with van der Waals surface area (Å²) in [6.45, 7) is 4.51. The minimum atomic E-state index is -0.689. The summed E-state index contributed by atoms with van der Waals surface area (Å²) in [7, 11) is 3.23. The fourth-order valence-corrected chi connectivity index (χ4v) is 3.15. The number of ether oxygens (including phenoxy) is 2. The molecule has 2 rings (SSSR count). The van der Waals surface area contributed by atoms with E-state index in [1.807, 2.05) is 18.0 Å². The Hall–Kier alpha value is -1.85. The zero-order valence-electron chi connectivity index (χ0n) is 15.0. The second kappa shape index (κ2) is 8.50. The van der Waals surface area contributed by atoms with Crippen molar-refractivity contribution in [2.75, 3.05) is 20.7 Å². The molecular weight excluding hydrogens is 342 g/mol. The van der Waals surface area contributed by atoms with E-state index < -0.39 is 6.10 Å². The van der Waals surface area contributed by atoms with Gasteiger partial charge in [-0.15, -0.1) is 0 Å². The molecule has 2 unspecified atom stereocenters. The summed E-state index contributed by atoms with van der Waals surface area (Å²) in [5.41, 5.74) is 1.51. The number of benzene rings is 1. The number of nitrogens with zero attached hydrogens (tertiary/aromatic N) is 1. The highest BCUT2D eigenvalue weighted by Crippen LogP contribution is 2.34. The summed E-state index contributed by atoms with van der Waals surface area (Å²) in [5.74, 6) is 0.637. The number of aldehydes is 1. The Morgan fingerprint density at radius 2 is 2.16 bits per heavy atom. The molecule has 5 nitrogen and oxygen atoms in total. The summed E-state index contributed by atoms with van der Waals surface area (Å²) < 4.78 is 10.7. The third-order valence-electron chi connectivity index (χ3n) is 4.22. The van der Waals surface area contributed by atoms with Crippen LogP contribution in [0.2, 0.25) is 5.02 Å². The van der Waals surface area contributed by atoms with E-state index in [9.17, 15) is 9.59 Å². The van der Waals surface area contributed by atoms with Crippen LogP contribution in [0.3, 0.4) is 0 Å². The van der Waals surface area contributed by atoms with Crippen LogP contribution in [0.25, 0.3) is 6.08 Å². The van der Waals surface area contributed by atoms with Crippen LogP contribution in [0.4, 0.5) is 0 Å². The molecule has 2 atom stereocenters. The lowest BCUT2D eigenvalue weighted by molar-refractivity contribution is -0.147. The van der Waals surface area contributed by atoms with Gasteiger partial charge in [-0.2, -0.15) is 0 Å². The van der Waals surface area contributed by atoms with Crippen molar-refractivity contribution in [3.05, 3.63) is 34.4 Å². The van der Waals surface area contributed by atoms with E-state index in [-0.39, 0.29) is 12.0 Å². The predicted molar refractivity (Wildman–Crippen MR) is 97.8 cm³/mol. The first kappa shape index (κ1) is 19.5. The van der Waals surface area contributed by atoms with E-state index in [1.54, 1.807) is 18.2 Å². The van der Waals surface area contributed by atoms with E-state index in [4.69, 9.17) is 21.1 Å². The van der Waals surface area contributed by atoms with Crippen LogP contribution in [0.1, 0.15) is 25.8 Å². The van der Waals surface area contributed by atoms with Gasteiger partial charge in [0.15, 0.2) is 12.4 Å². The van der Waals surface area contributed by atoms with E-state index in [0.29, 0.717) is 29.7 Å². The highest BCUT2D eigenvalue weighted by atomic mass is 35.5. The minimum absolute atomic E-state index is 0.283. The van der Waals surface area contributed by atoms with Crippen LogP contribution in [0.5, 0.6) is 5.75 Å². The third-order valence-corrected chi connectivity index (χ3v) is 4.55. The van der Waals surface area contributed by atoms with Crippen LogP contribution >= 0.6 is 11.6 Å². The number of esters is 1. The lowest BCUT2D eigenvalue weighted by Crippen LogP contribution is -2.43. The molecule has 0 radical (unpaired) electrons. The fourth-order valence-electron chi connectivity index (χ4n) is 2.93. The smallest absolute Gasteiger partial charge is 0.323 e. The second-order valence-electron chi connectivity index (χ2n) is 6.63. The SMILES string of the molecule is COC(=O)C(CC(C)C)N(C)CC1=Cc2c(Cl)cccc2OC1C=O. The van der Waals surface area contributed by atoms with E-state index >= 15 is 0 Å². The molecule has 25 heavy (non-hydrogen) atoms. The summed E-state index contributed by atoms with van der Waals surface area (Å²) >= 11 is 6.24. The number of carbonyl (C=O) groups excluding carboxylic acids is 2. The molecule has 0 amide bonds. The monoisotopic (exact) mass is 365 g/mol. The van der Waals surface area contributed by atoms with Gasteiger partial charge in [0.05, 0.1) is 12.1 Å². The average molecular weight is 366 g/mol. The molecule has 1 aliphatic heterocycles. The van der Waals surface area contributed by atoms with E-state index in [0.717, 1.165) is 17.4 Å². The lowest BCUT2D eigenvalue weighted by Gasteiger charge is -2.31. The van der Waals surface area contributed by atoms with Gasteiger partial charge >= 0.3 is 5.97 Å². The van der Waals surface area contributed by atoms with Crippen LogP contribution in [-0.2, 0) is 14.3 Å². The Balaban J connectivity index is 2.27. The van der Waals surface area contributed by atoms with Crippen molar-refractivity contribution in [1.82, 2.24) is 4.90 Å². The maximum Gasteiger partial charge on any atom is 0.323 e. The van der Waals surface area contributed by atoms with Crippen molar-refractivity contribution in [1.29, 1.82) is 0 Å². The number of fused-ring (bicyclic) bond motifs is 1. The number of rotatable bonds is 7. The van der Waals surface area contributed by atoms with E-state index in [2.05, 4.69) is 13.8 Å². The largest absolute Gasteiger partial charge is 0.478 e. The summed E-state index contributed by atoms with van der Waals surface area (Å²) in [4.78, 5) is 25.5. The molecule has 0 fully saturated rings. The number of hydrogen-bond acceptors (Lipinski definition) is 5. The Morgan fingerprint density at radius 3 is 2.76 bits per heavy atom. The van der Waals surface area contributed by atoms with Gasteiger partial charge in [0.2, 0.25) is 0 Å². The topological polar surface area (TPSA) is 55.8 Å². The Bertz CT molecular complexity index is 671. The average Bonchev–Trinajstić information content (AvgIpc) is 2.58. The molecule has 1 aliphatic rings. The van der Waals surface area contributed by atoms with Crippen molar-refractivity contribution in [2.24, 2.45) is 5.92 Å². The number of carbonyl (C=O) groups is 2. The van der Waals surface area contributed by atoms with E-state index in [1.165, 1.54) is 7.11 Å². The molecule has 0 N–H and O–H groups in total. The van der Waals surface area contributed by atoms with Crippen molar-refractivity contribution in [3.63, 3.8) is 0 Å². The molecule has 6 heteroatoms. The first-order chi connectivity index (χ1) is 11.9. The molecule has 136 valence electrons. The zero-order valence-corrected chi connectivity index (χ0v) is 15.7. The highest BCUT2D eigenvalue weighted by Gasteiger charge is 2.29. The van der Waals surface area contributed by atoms with Crippen molar-refractivity contribution < 1.29 is 19.1 Å². The van der Waals surface area contributed by atoms with Gasteiger partial charge in [-0.05, 0) is 43.2 Å². The maximum absolute atomic E-state index is 12.1. The molecule has 0 aliphatic carbocycles.